The molecule has 6 heteroatoms. The molecule has 0 saturated heterocycles. The van der Waals surface area contributed by atoms with Gasteiger partial charge in [-0.2, -0.15) is 0 Å². The summed E-state index contributed by atoms with van der Waals surface area (Å²) in [5.74, 6) is -0.305. The average molecular weight is 299 g/mol. The molecular formula is C14H19ClN2O3. The van der Waals surface area contributed by atoms with Crippen molar-refractivity contribution in [2.24, 2.45) is 0 Å². The molecule has 0 aliphatic carbocycles. The van der Waals surface area contributed by atoms with Crippen molar-refractivity contribution in [2.75, 3.05) is 6.54 Å². The summed E-state index contributed by atoms with van der Waals surface area (Å²) < 4.78 is 0. The van der Waals surface area contributed by atoms with Gasteiger partial charge in [0.2, 0.25) is 0 Å². The number of unbranched alkanes of at least 4 members (excludes halogenated alkanes) is 4. The first-order valence-electron chi connectivity index (χ1n) is 6.78. The topological polar surface area (TPSA) is 72.2 Å². The van der Waals surface area contributed by atoms with E-state index in [0.717, 1.165) is 12.8 Å². The van der Waals surface area contributed by atoms with Crippen molar-refractivity contribution in [1.82, 2.24) is 5.32 Å². The van der Waals surface area contributed by atoms with Crippen molar-refractivity contribution in [3.05, 3.63) is 38.9 Å². The number of hydrogen-bond acceptors (Lipinski definition) is 3. The maximum Gasteiger partial charge on any atom is 0.288 e. The first-order valence-corrected chi connectivity index (χ1v) is 7.16. The molecular weight excluding hydrogens is 280 g/mol. The highest BCUT2D eigenvalue weighted by Crippen LogP contribution is 2.24. The van der Waals surface area contributed by atoms with E-state index >= 15 is 0 Å². The van der Waals surface area contributed by atoms with E-state index in [9.17, 15) is 14.9 Å². The van der Waals surface area contributed by atoms with E-state index in [-0.39, 0.29) is 22.2 Å². The Kier molecular flexibility index (Phi) is 7.01. The zero-order valence-corrected chi connectivity index (χ0v) is 12.3. The van der Waals surface area contributed by atoms with Gasteiger partial charge < -0.3 is 5.32 Å². The normalized spacial score (nSPS) is 10.3. The Morgan fingerprint density at radius 2 is 2.00 bits per heavy atom. The van der Waals surface area contributed by atoms with Crippen LogP contribution >= 0.6 is 11.6 Å². The number of rotatable bonds is 8. The van der Waals surface area contributed by atoms with Gasteiger partial charge in [-0.3, -0.25) is 14.9 Å². The fourth-order valence-corrected chi connectivity index (χ4v) is 2.01. The lowest BCUT2D eigenvalue weighted by Crippen LogP contribution is -2.24. The van der Waals surface area contributed by atoms with Gasteiger partial charge in [-0.15, -0.1) is 0 Å². The molecule has 0 aliphatic heterocycles. The monoisotopic (exact) mass is 298 g/mol. The van der Waals surface area contributed by atoms with Gasteiger partial charge in [0.05, 0.1) is 4.92 Å². The number of nitro groups is 1. The number of nitro benzene ring substituents is 1. The summed E-state index contributed by atoms with van der Waals surface area (Å²) in [6.07, 6.45) is 5.55. The van der Waals surface area contributed by atoms with Crippen LogP contribution in [-0.4, -0.2) is 17.4 Å². The predicted molar refractivity (Wildman–Crippen MR) is 79.2 cm³/mol. The van der Waals surface area contributed by atoms with Gasteiger partial charge in [0.15, 0.2) is 0 Å². The molecule has 1 amide bonds. The minimum Gasteiger partial charge on any atom is -0.352 e. The van der Waals surface area contributed by atoms with Crippen LogP contribution in [0.15, 0.2) is 18.2 Å². The standard InChI is InChI=1S/C14H19ClN2O3/c1-2-3-4-5-6-9-16-14(18)11-7-8-12(15)13(10-11)17(19)20/h7-8,10H,2-6,9H2,1H3,(H,16,18). The fraction of sp³-hybridized carbons (Fsp3) is 0.500. The number of carbonyl (C=O) groups excluding carboxylic acids is 1. The van der Waals surface area contributed by atoms with Crippen LogP contribution in [0.1, 0.15) is 49.4 Å². The summed E-state index contributed by atoms with van der Waals surface area (Å²) in [7, 11) is 0. The smallest absolute Gasteiger partial charge is 0.288 e. The molecule has 5 nitrogen and oxygen atoms in total. The summed E-state index contributed by atoms with van der Waals surface area (Å²) in [4.78, 5) is 22.0. The van der Waals surface area contributed by atoms with Crippen LogP contribution in [0.5, 0.6) is 0 Å². The summed E-state index contributed by atoms with van der Waals surface area (Å²) in [5.41, 5.74) is 0.0110. The summed E-state index contributed by atoms with van der Waals surface area (Å²) in [6.45, 7) is 2.73. The Morgan fingerprint density at radius 3 is 2.65 bits per heavy atom. The van der Waals surface area contributed by atoms with Crippen molar-refractivity contribution < 1.29 is 9.72 Å². The highest BCUT2D eigenvalue weighted by Gasteiger charge is 2.15. The SMILES string of the molecule is CCCCCCCNC(=O)c1ccc(Cl)c([N+](=O)[O-])c1. The number of nitrogens with one attached hydrogen (secondary N) is 1. The number of hydrogen-bond donors (Lipinski definition) is 1. The molecule has 0 fully saturated rings. The van der Waals surface area contributed by atoms with E-state index in [4.69, 9.17) is 11.6 Å². The van der Waals surface area contributed by atoms with Crippen molar-refractivity contribution in [1.29, 1.82) is 0 Å². The predicted octanol–water partition coefficient (Wildman–Crippen LogP) is 3.95. The fourth-order valence-electron chi connectivity index (χ4n) is 1.83. The van der Waals surface area contributed by atoms with E-state index in [1.165, 1.54) is 37.5 Å². The van der Waals surface area contributed by atoms with Crippen LogP contribution in [0.25, 0.3) is 0 Å². The van der Waals surface area contributed by atoms with Crippen LogP contribution in [0.3, 0.4) is 0 Å². The number of benzene rings is 1. The summed E-state index contributed by atoms with van der Waals surface area (Å²) in [6, 6.07) is 4.06. The van der Waals surface area contributed by atoms with Crippen LogP contribution in [0, 0.1) is 10.1 Å². The maximum atomic E-state index is 11.8. The van der Waals surface area contributed by atoms with Crippen molar-refractivity contribution in [3.63, 3.8) is 0 Å². The second-order valence-electron chi connectivity index (χ2n) is 4.59. The van der Waals surface area contributed by atoms with Gasteiger partial charge in [0, 0.05) is 18.2 Å². The van der Waals surface area contributed by atoms with Crippen LogP contribution < -0.4 is 5.32 Å². The van der Waals surface area contributed by atoms with Gasteiger partial charge in [0.1, 0.15) is 5.02 Å². The Labute approximate surface area is 123 Å². The highest BCUT2D eigenvalue weighted by atomic mass is 35.5. The van der Waals surface area contributed by atoms with E-state index in [0.29, 0.717) is 6.54 Å². The maximum absolute atomic E-state index is 11.8. The van der Waals surface area contributed by atoms with Crippen LogP contribution in [-0.2, 0) is 0 Å². The zero-order valence-electron chi connectivity index (χ0n) is 11.5. The third kappa shape index (κ3) is 5.17. The minimum atomic E-state index is -0.593. The van der Waals surface area contributed by atoms with Crippen molar-refractivity contribution >= 4 is 23.2 Å². The molecule has 20 heavy (non-hydrogen) atoms. The number of nitrogens with zero attached hydrogens (tertiary/aromatic N) is 1. The molecule has 1 N–H and O–H groups in total. The molecule has 0 radical (unpaired) electrons. The third-order valence-electron chi connectivity index (χ3n) is 2.97. The quantitative estimate of drug-likeness (QED) is 0.449. The number of carbonyl (C=O) groups is 1. The number of halogens is 1. The molecule has 1 aromatic rings. The van der Waals surface area contributed by atoms with E-state index in [1.807, 2.05) is 0 Å². The second-order valence-corrected chi connectivity index (χ2v) is 5.00. The molecule has 0 bridgehead atoms. The highest BCUT2D eigenvalue weighted by molar-refractivity contribution is 6.32. The average Bonchev–Trinajstić information content (AvgIpc) is 2.42. The molecule has 0 unspecified atom stereocenters. The Balaban J connectivity index is 2.47. The first-order chi connectivity index (χ1) is 9.56. The second kappa shape index (κ2) is 8.53. The summed E-state index contributed by atoms with van der Waals surface area (Å²) >= 11 is 5.70. The van der Waals surface area contributed by atoms with E-state index < -0.39 is 4.92 Å². The lowest BCUT2D eigenvalue weighted by molar-refractivity contribution is -0.384. The van der Waals surface area contributed by atoms with E-state index in [1.54, 1.807) is 0 Å². The van der Waals surface area contributed by atoms with Gasteiger partial charge in [-0.05, 0) is 18.6 Å². The van der Waals surface area contributed by atoms with Gasteiger partial charge >= 0.3 is 0 Å². The lowest BCUT2D eigenvalue weighted by atomic mass is 10.1. The molecule has 0 aromatic heterocycles. The van der Waals surface area contributed by atoms with Crippen LogP contribution in [0.2, 0.25) is 5.02 Å². The lowest BCUT2D eigenvalue weighted by Gasteiger charge is -2.05. The molecule has 0 saturated carbocycles. The summed E-state index contributed by atoms with van der Waals surface area (Å²) in [5, 5.41) is 13.5. The largest absolute Gasteiger partial charge is 0.352 e. The minimum absolute atomic E-state index is 0.0334. The van der Waals surface area contributed by atoms with Gasteiger partial charge in [-0.1, -0.05) is 44.2 Å². The van der Waals surface area contributed by atoms with Crippen molar-refractivity contribution in [2.45, 2.75) is 39.0 Å². The van der Waals surface area contributed by atoms with Crippen LogP contribution in [0.4, 0.5) is 5.69 Å². The molecule has 0 aliphatic rings. The molecule has 0 atom stereocenters. The molecule has 0 heterocycles. The molecule has 1 aromatic carbocycles. The first kappa shape index (κ1) is 16.4. The zero-order chi connectivity index (χ0) is 15.0. The van der Waals surface area contributed by atoms with Gasteiger partial charge in [-0.25, -0.2) is 0 Å². The number of amides is 1. The Morgan fingerprint density at radius 1 is 1.30 bits per heavy atom. The third-order valence-corrected chi connectivity index (χ3v) is 3.29. The molecule has 0 spiro atoms. The molecule has 1 rings (SSSR count). The van der Waals surface area contributed by atoms with Gasteiger partial charge in [0.25, 0.3) is 11.6 Å². The van der Waals surface area contributed by atoms with E-state index in [2.05, 4.69) is 12.2 Å². The Bertz CT molecular complexity index is 477. The Hall–Kier alpha value is -1.62. The molecule has 110 valence electrons. The van der Waals surface area contributed by atoms with Crippen molar-refractivity contribution in [3.8, 4) is 0 Å².